The van der Waals surface area contributed by atoms with Crippen molar-refractivity contribution in [2.75, 3.05) is 13.1 Å². The van der Waals surface area contributed by atoms with Crippen molar-refractivity contribution >= 4 is 28.8 Å². The number of hydrogen-bond donors (Lipinski definition) is 1. The molecule has 0 radical (unpaired) electrons. The van der Waals surface area contributed by atoms with E-state index in [1.54, 1.807) is 12.4 Å². The number of fused-ring (bicyclic) bond motifs is 2. The number of carbonyl (C=O) groups excluding carboxylic acids is 3. The molecule has 3 aromatic rings. The number of halogens is 1. The third-order valence-corrected chi connectivity index (χ3v) is 7.64. The Morgan fingerprint density at radius 1 is 1.03 bits per heavy atom. The molecule has 1 atom stereocenters. The van der Waals surface area contributed by atoms with Gasteiger partial charge in [-0.25, -0.2) is 4.39 Å². The summed E-state index contributed by atoms with van der Waals surface area (Å²) in [5, 5.41) is 2.30. The minimum atomic E-state index is -0.698. The van der Waals surface area contributed by atoms with Crippen LogP contribution in [0.3, 0.4) is 0 Å². The second-order valence-corrected chi connectivity index (χ2v) is 9.82. The summed E-state index contributed by atoms with van der Waals surface area (Å²) in [5.41, 5.74) is 4.63. The summed E-state index contributed by atoms with van der Waals surface area (Å²) in [6.45, 7) is 2.69. The molecule has 9 heteroatoms. The lowest BCUT2D eigenvalue weighted by Crippen LogP contribution is -2.52. The molecule has 3 amide bonds. The van der Waals surface area contributed by atoms with Gasteiger partial charge in [0.15, 0.2) is 0 Å². The molecule has 0 saturated carbocycles. The third kappa shape index (κ3) is 4.03. The summed E-state index contributed by atoms with van der Waals surface area (Å²) in [7, 11) is 0. The predicted molar refractivity (Wildman–Crippen MR) is 129 cm³/mol. The van der Waals surface area contributed by atoms with Crippen molar-refractivity contribution in [3.8, 4) is 0 Å². The number of aromatic nitrogens is 2. The summed E-state index contributed by atoms with van der Waals surface area (Å²) in [6.07, 6.45) is 5.52. The fraction of sp³-hybridized carbons (Fsp3) is 0.370. The monoisotopic (exact) mass is 487 g/mol. The average molecular weight is 488 g/mol. The van der Waals surface area contributed by atoms with Crippen molar-refractivity contribution in [3.05, 3.63) is 70.8 Å². The van der Waals surface area contributed by atoms with E-state index in [1.165, 1.54) is 11.0 Å². The van der Waals surface area contributed by atoms with E-state index in [-0.39, 0.29) is 36.5 Å². The van der Waals surface area contributed by atoms with Crippen molar-refractivity contribution in [1.82, 2.24) is 25.1 Å². The Bertz CT molecular complexity index is 1380. The normalized spacial score (nSPS) is 21.2. The van der Waals surface area contributed by atoms with Crippen LogP contribution in [0.2, 0.25) is 0 Å². The molecule has 0 aliphatic carbocycles. The van der Waals surface area contributed by atoms with Crippen LogP contribution in [-0.4, -0.2) is 56.6 Å². The minimum absolute atomic E-state index is 0.0682. The van der Waals surface area contributed by atoms with Gasteiger partial charge in [0.1, 0.15) is 11.9 Å². The molecule has 3 aliphatic rings. The molecule has 4 heterocycles. The van der Waals surface area contributed by atoms with Crippen LogP contribution < -0.4 is 5.32 Å². The van der Waals surface area contributed by atoms with Gasteiger partial charge in [-0.05, 0) is 67.1 Å². The quantitative estimate of drug-likeness (QED) is 0.569. The molecule has 2 fully saturated rings. The number of amides is 3. The first kappa shape index (κ1) is 22.7. The number of carbonyl (C=O) groups is 3. The second-order valence-electron chi connectivity index (χ2n) is 9.82. The van der Waals surface area contributed by atoms with Crippen LogP contribution in [0.1, 0.15) is 58.6 Å². The number of nitrogens with one attached hydrogen (secondary N) is 1. The molecule has 6 rings (SSSR count). The van der Waals surface area contributed by atoms with Crippen LogP contribution in [0.15, 0.2) is 42.7 Å². The number of nitrogens with zero attached hydrogens (tertiary/aromatic N) is 4. The van der Waals surface area contributed by atoms with Gasteiger partial charge in [-0.2, -0.15) is 0 Å². The van der Waals surface area contributed by atoms with E-state index in [4.69, 9.17) is 0 Å². The number of rotatable bonds is 4. The van der Waals surface area contributed by atoms with E-state index in [0.29, 0.717) is 17.5 Å². The molecule has 36 heavy (non-hydrogen) atoms. The Morgan fingerprint density at radius 2 is 1.83 bits per heavy atom. The Hall–Kier alpha value is -3.72. The maximum Gasteiger partial charge on any atom is 0.255 e. The Morgan fingerprint density at radius 3 is 2.64 bits per heavy atom. The van der Waals surface area contributed by atoms with Gasteiger partial charge in [0.25, 0.3) is 5.91 Å². The zero-order valence-corrected chi connectivity index (χ0v) is 19.7. The smallest absolute Gasteiger partial charge is 0.255 e. The highest BCUT2D eigenvalue weighted by Crippen LogP contribution is 2.36. The van der Waals surface area contributed by atoms with Gasteiger partial charge in [0.2, 0.25) is 11.8 Å². The fourth-order valence-electron chi connectivity index (χ4n) is 5.74. The topological polar surface area (TPSA) is 95.5 Å². The van der Waals surface area contributed by atoms with Crippen LogP contribution >= 0.6 is 0 Å². The highest BCUT2D eigenvalue weighted by atomic mass is 19.1. The van der Waals surface area contributed by atoms with Crippen LogP contribution in [-0.2, 0) is 22.7 Å². The number of piperidine rings is 2. The average Bonchev–Trinajstić information content (AvgIpc) is 3.19. The number of hydrogen-bond acceptors (Lipinski definition) is 6. The van der Waals surface area contributed by atoms with Gasteiger partial charge in [0.05, 0.1) is 11.0 Å². The summed E-state index contributed by atoms with van der Waals surface area (Å²) < 4.78 is 15.2. The Balaban J connectivity index is 1.15. The van der Waals surface area contributed by atoms with Crippen molar-refractivity contribution in [2.45, 2.75) is 50.7 Å². The first-order chi connectivity index (χ1) is 17.5. The third-order valence-electron chi connectivity index (χ3n) is 7.64. The number of para-hydroxylation sites is 1. The lowest BCUT2D eigenvalue weighted by Gasteiger charge is -2.32. The minimum Gasteiger partial charge on any atom is -0.322 e. The first-order valence-electron chi connectivity index (χ1n) is 12.4. The molecule has 184 valence electrons. The maximum atomic E-state index is 15.2. The number of benzene rings is 2. The lowest BCUT2D eigenvalue weighted by molar-refractivity contribution is -0.136. The molecule has 0 spiro atoms. The van der Waals surface area contributed by atoms with Crippen LogP contribution in [0, 0.1) is 5.82 Å². The summed E-state index contributed by atoms with van der Waals surface area (Å²) in [6, 6.07) is 8.49. The fourth-order valence-corrected chi connectivity index (χ4v) is 5.74. The summed E-state index contributed by atoms with van der Waals surface area (Å²) in [4.78, 5) is 49.4. The molecule has 8 nitrogen and oxygen atoms in total. The molecule has 1 aromatic heterocycles. The van der Waals surface area contributed by atoms with Gasteiger partial charge >= 0.3 is 0 Å². The van der Waals surface area contributed by atoms with Crippen molar-refractivity contribution in [3.63, 3.8) is 0 Å². The second kappa shape index (κ2) is 9.05. The first-order valence-corrected chi connectivity index (χ1v) is 12.4. The lowest BCUT2D eigenvalue weighted by atomic mass is 9.87. The molecular formula is C27H26FN5O3. The number of likely N-dealkylation sites (tertiary alicyclic amines) is 1. The largest absolute Gasteiger partial charge is 0.322 e. The molecule has 1 N–H and O–H groups in total. The predicted octanol–water partition coefficient (Wildman–Crippen LogP) is 2.91. The summed E-state index contributed by atoms with van der Waals surface area (Å²) >= 11 is 0. The van der Waals surface area contributed by atoms with Gasteiger partial charge in [-0.15, -0.1) is 0 Å². The van der Waals surface area contributed by atoms with E-state index in [2.05, 4.69) is 26.3 Å². The molecular weight excluding hydrogens is 461 g/mol. The SMILES string of the molecule is O=C1CCC(N2Cc3cc(C4CCN(Cc5cccc6nccnc56)CC4)c(F)cc3C2=O)C(=O)N1. The van der Waals surface area contributed by atoms with Gasteiger partial charge in [-0.3, -0.25) is 34.6 Å². The Kier molecular flexibility index (Phi) is 5.72. The highest BCUT2D eigenvalue weighted by Gasteiger charge is 2.40. The van der Waals surface area contributed by atoms with Gasteiger partial charge in [-0.1, -0.05) is 18.2 Å². The van der Waals surface area contributed by atoms with E-state index >= 15 is 4.39 Å². The van der Waals surface area contributed by atoms with Gasteiger partial charge < -0.3 is 4.90 Å². The Labute approximate surface area is 207 Å². The molecule has 3 aliphatic heterocycles. The zero-order chi connectivity index (χ0) is 24.8. The summed E-state index contributed by atoms with van der Waals surface area (Å²) in [5.74, 6) is -1.43. The van der Waals surface area contributed by atoms with Crippen LogP contribution in [0.5, 0.6) is 0 Å². The van der Waals surface area contributed by atoms with Crippen LogP contribution in [0.4, 0.5) is 4.39 Å². The van der Waals surface area contributed by atoms with Crippen molar-refractivity contribution < 1.29 is 18.8 Å². The van der Waals surface area contributed by atoms with Crippen molar-refractivity contribution in [2.24, 2.45) is 0 Å². The van der Waals surface area contributed by atoms with Gasteiger partial charge in [0, 0.05) is 37.5 Å². The van der Waals surface area contributed by atoms with Crippen molar-refractivity contribution in [1.29, 1.82) is 0 Å². The van der Waals surface area contributed by atoms with E-state index < -0.39 is 11.9 Å². The zero-order valence-electron chi connectivity index (χ0n) is 19.7. The van der Waals surface area contributed by atoms with E-state index in [0.717, 1.165) is 54.6 Å². The van der Waals surface area contributed by atoms with E-state index in [1.807, 2.05) is 18.2 Å². The highest BCUT2D eigenvalue weighted by molar-refractivity contribution is 6.05. The molecule has 2 saturated heterocycles. The molecule has 2 aromatic carbocycles. The molecule has 0 bridgehead atoms. The molecule has 1 unspecified atom stereocenters. The standard InChI is InChI=1S/C27H26FN5O3/c28-21-13-20-18(15-33(27(20)36)23-4-5-24(34)31-26(23)35)12-19(21)16-6-10-32(11-7-16)14-17-2-1-3-22-25(17)30-9-8-29-22/h1-3,8-9,12-13,16,23H,4-7,10-11,14-15H2,(H,31,34,35). The van der Waals surface area contributed by atoms with Crippen LogP contribution in [0.25, 0.3) is 11.0 Å². The number of imide groups is 1. The maximum absolute atomic E-state index is 15.2. The van der Waals surface area contributed by atoms with E-state index in [9.17, 15) is 14.4 Å².